The standard InChI is InChI=1S/C42H63N9O13/c1-5-11-64-41-28(27-10-8-24(53)13-29(27)49-41)14-30-39(61)45-18-36(59)50-37(21(3)6-2)40(62)46-16-34(57)44-17-35(58)47-31(15-33(43)56)42(63)51-19-25(54)12-23(51)7-9-26(38(60)48-30)22(4)32(55)20-52/h8,10,13,21-23,25-26,30-32,37,49,52-55H,5-7,9,11-12,14-20H2,1-4H3,(H2,43,56)(H,44,57)(H,45,61)(H,46,62)(H,47,58)(H,48,60)(H,50,59)/t21-,22+,23+,25+,26-,30-,31-,32-,37-/m0/s1. The number of amides is 8. The van der Waals surface area contributed by atoms with Crippen molar-refractivity contribution < 1.29 is 63.5 Å². The van der Waals surface area contributed by atoms with Crippen LogP contribution >= 0.6 is 0 Å². The van der Waals surface area contributed by atoms with Crippen molar-refractivity contribution in [2.45, 2.75) is 109 Å². The molecule has 0 bridgehead atoms. The van der Waals surface area contributed by atoms with Crippen LogP contribution in [0.15, 0.2) is 18.2 Å². The van der Waals surface area contributed by atoms with Crippen LogP contribution in [0, 0.1) is 17.8 Å². The molecule has 1 aromatic carbocycles. The summed E-state index contributed by atoms with van der Waals surface area (Å²) < 4.78 is 5.99. The first-order valence-corrected chi connectivity index (χ1v) is 21.6. The number of hydrogen-bond donors (Lipinski definition) is 12. The second-order valence-electron chi connectivity index (χ2n) is 16.5. The Kier molecular flexibility index (Phi) is 18.7. The van der Waals surface area contributed by atoms with Gasteiger partial charge in [-0.2, -0.15) is 0 Å². The van der Waals surface area contributed by atoms with Crippen molar-refractivity contribution in [1.82, 2.24) is 41.8 Å². The molecular formula is C42H63N9O13. The van der Waals surface area contributed by atoms with E-state index in [2.05, 4.69) is 36.9 Å². The van der Waals surface area contributed by atoms with E-state index in [1.54, 1.807) is 19.9 Å². The number of aliphatic hydroxyl groups is 3. The highest BCUT2D eigenvalue weighted by atomic mass is 16.5. The molecule has 2 aromatic rings. The number of aromatic hydroxyl groups is 1. The summed E-state index contributed by atoms with van der Waals surface area (Å²) in [6.07, 6.45) is -2.23. The van der Waals surface area contributed by atoms with Gasteiger partial charge in [0.25, 0.3) is 0 Å². The van der Waals surface area contributed by atoms with E-state index in [4.69, 9.17) is 10.5 Å². The first-order valence-electron chi connectivity index (χ1n) is 21.6. The second-order valence-corrected chi connectivity index (χ2v) is 16.5. The van der Waals surface area contributed by atoms with Gasteiger partial charge in [0, 0.05) is 41.9 Å². The number of carbonyl (C=O) groups excluding carboxylic acids is 8. The van der Waals surface area contributed by atoms with Gasteiger partial charge >= 0.3 is 0 Å². The summed E-state index contributed by atoms with van der Waals surface area (Å²) in [5.41, 5.74) is 6.36. The number of hydrogen-bond acceptors (Lipinski definition) is 13. The van der Waals surface area contributed by atoms with Gasteiger partial charge in [-0.05, 0) is 49.7 Å². The molecule has 3 heterocycles. The highest BCUT2D eigenvalue weighted by Crippen LogP contribution is 2.33. The van der Waals surface area contributed by atoms with Gasteiger partial charge < -0.3 is 72.7 Å². The predicted molar refractivity (Wildman–Crippen MR) is 229 cm³/mol. The van der Waals surface area contributed by atoms with E-state index in [0.717, 1.165) is 0 Å². The highest BCUT2D eigenvalue weighted by molar-refractivity contribution is 5.96. The molecule has 0 saturated carbocycles. The summed E-state index contributed by atoms with van der Waals surface area (Å²) in [5.74, 6) is -8.74. The number of phenolic OH excluding ortho intramolecular Hbond substituents is 1. The number of aromatic nitrogens is 1. The van der Waals surface area contributed by atoms with Crippen LogP contribution < -0.4 is 42.4 Å². The number of phenols is 1. The fourth-order valence-electron chi connectivity index (χ4n) is 7.90. The lowest BCUT2D eigenvalue weighted by molar-refractivity contribution is -0.139. The van der Waals surface area contributed by atoms with Gasteiger partial charge in [0.2, 0.25) is 47.3 Å². The summed E-state index contributed by atoms with van der Waals surface area (Å²) in [7, 11) is 0. The van der Waals surface area contributed by atoms with Crippen LogP contribution in [0.2, 0.25) is 0 Å². The molecule has 4 rings (SSSR count). The number of nitrogens with one attached hydrogen (secondary N) is 7. The molecule has 0 spiro atoms. The molecule has 64 heavy (non-hydrogen) atoms. The molecule has 0 radical (unpaired) electrons. The fourth-order valence-corrected chi connectivity index (χ4v) is 7.90. The van der Waals surface area contributed by atoms with Gasteiger partial charge in [0.1, 0.15) is 23.9 Å². The van der Waals surface area contributed by atoms with Crippen LogP contribution in [0.4, 0.5) is 0 Å². The maximum atomic E-state index is 14.5. The van der Waals surface area contributed by atoms with E-state index in [1.165, 1.54) is 24.0 Å². The molecule has 1 aromatic heterocycles. The molecular weight excluding hydrogens is 839 g/mol. The molecule has 2 saturated heterocycles. The number of nitrogens with two attached hydrogens (primary N) is 1. The quantitative estimate of drug-likeness (QED) is 0.103. The van der Waals surface area contributed by atoms with Crippen LogP contribution in [-0.4, -0.2) is 153 Å². The molecule has 0 unspecified atom stereocenters. The lowest BCUT2D eigenvalue weighted by atomic mass is 9.83. The van der Waals surface area contributed by atoms with E-state index in [1.807, 2.05) is 6.92 Å². The third-order valence-electron chi connectivity index (χ3n) is 11.7. The van der Waals surface area contributed by atoms with E-state index in [0.29, 0.717) is 29.3 Å². The average Bonchev–Trinajstić information content (AvgIpc) is 3.80. The Morgan fingerprint density at radius 2 is 1.56 bits per heavy atom. The van der Waals surface area contributed by atoms with Crippen molar-refractivity contribution in [1.29, 1.82) is 0 Å². The zero-order valence-corrected chi connectivity index (χ0v) is 36.6. The molecule has 8 amide bonds. The average molecular weight is 902 g/mol. The first-order chi connectivity index (χ1) is 30.4. The Balaban J connectivity index is 1.76. The summed E-state index contributed by atoms with van der Waals surface area (Å²) >= 11 is 0. The van der Waals surface area contributed by atoms with Crippen molar-refractivity contribution in [3.8, 4) is 11.6 Å². The third-order valence-corrected chi connectivity index (χ3v) is 11.7. The van der Waals surface area contributed by atoms with E-state index in [9.17, 15) is 58.8 Å². The fraction of sp³-hybridized carbons (Fsp3) is 0.619. The second kappa shape index (κ2) is 23.6. The number of fused-ring (bicyclic) bond motifs is 2. The molecule has 22 nitrogen and oxygen atoms in total. The van der Waals surface area contributed by atoms with E-state index < -0.39 is 134 Å². The first kappa shape index (κ1) is 50.6. The number of aliphatic hydroxyl groups excluding tert-OH is 3. The van der Waals surface area contributed by atoms with Crippen LogP contribution in [0.5, 0.6) is 11.6 Å². The molecule has 0 aliphatic carbocycles. The molecule has 13 N–H and O–H groups in total. The number of benzene rings is 1. The Hall–Kier alpha value is -6.00. The Morgan fingerprint density at radius 3 is 2.23 bits per heavy atom. The number of nitrogens with zero attached hydrogens (tertiary/aromatic N) is 1. The molecule has 22 heteroatoms. The number of rotatable bonds is 12. The monoisotopic (exact) mass is 901 g/mol. The highest BCUT2D eigenvalue weighted by Gasteiger charge is 2.41. The molecule has 2 fully saturated rings. The molecule has 2 aliphatic rings. The predicted octanol–water partition coefficient (Wildman–Crippen LogP) is -2.71. The van der Waals surface area contributed by atoms with Gasteiger partial charge in [-0.15, -0.1) is 0 Å². The minimum absolute atomic E-state index is 0.0394. The smallest absolute Gasteiger partial charge is 0.246 e. The summed E-state index contributed by atoms with van der Waals surface area (Å²) in [6, 6.07) is -0.332. The minimum Gasteiger partial charge on any atom is -0.508 e. The van der Waals surface area contributed by atoms with Gasteiger partial charge in [0.05, 0.1) is 57.0 Å². The van der Waals surface area contributed by atoms with Crippen molar-refractivity contribution >= 4 is 58.2 Å². The van der Waals surface area contributed by atoms with Crippen molar-refractivity contribution in [3.05, 3.63) is 23.8 Å². The van der Waals surface area contributed by atoms with Crippen LogP contribution in [0.1, 0.15) is 71.8 Å². The van der Waals surface area contributed by atoms with Gasteiger partial charge in [0.15, 0.2) is 5.88 Å². The van der Waals surface area contributed by atoms with Crippen LogP contribution in [0.25, 0.3) is 10.9 Å². The lowest BCUT2D eigenvalue weighted by Gasteiger charge is -2.32. The van der Waals surface area contributed by atoms with Crippen molar-refractivity contribution in [2.75, 3.05) is 39.4 Å². The molecule has 354 valence electrons. The number of ether oxygens (including phenoxy) is 1. The Morgan fingerprint density at radius 1 is 0.891 bits per heavy atom. The zero-order chi connectivity index (χ0) is 47.2. The maximum absolute atomic E-state index is 14.5. The van der Waals surface area contributed by atoms with Gasteiger partial charge in [-0.25, -0.2) is 0 Å². The van der Waals surface area contributed by atoms with Crippen molar-refractivity contribution in [2.24, 2.45) is 23.5 Å². The Bertz CT molecular complexity index is 2010. The number of H-pyrrole nitrogens is 1. The SMILES string of the molecule is CCCOc1[nH]c2cc(O)ccc2c1C[C@@H]1NC(=O)[C@H]([C@@H](C)[C@@H](O)CO)CC[C@@H]2C[C@@H](O)CN2C(=O)[C@H](CC(N)=O)NC(=O)CNC(=O)CNC(=O)[C@H]([C@@H](C)CC)NC(=O)CNC1=O. The minimum atomic E-state index is -1.51. The Labute approximate surface area is 370 Å². The lowest BCUT2D eigenvalue weighted by Crippen LogP contribution is -2.56. The van der Waals surface area contributed by atoms with Gasteiger partial charge in [-0.3, -0.25) is 38.4 Å². The number of aromatic amines is 1. The summed E-state index contributed by atoms with van der Waals surface area (Å²) in [6.45, 7) is 4.32. The zero-order valence-electron chi connectivity index (χ0n) is 36.6. The molecule has 9 atom stereocenters. The van der Waals surface area contributed by atoms with E-state index >= 15 is 0 Å². The normalized spacial score (nSPS) is 25.4. The third kappa shape index (κ3) is 13.7. The topological polar surface area (TPSA) is 344 Å². The molecule has 2 aliphatic heterocycles. The number of primary amides is 1. The summed E-state index contributed by atoms with van der Waals surface area (Å²) in [5, 5.41) is 57.3. The van der Waals surface area contributed by atoms with Gasteiger partial charge in [-0.1, -0.05) is 34.1 Å². The number of carbonyl (C=O) groups is 8. The largest absolute Gasteiger partial charge is 0.508 e. The van der Waals surface area contributed by atoms with Crippen molar-refractivity contribution in [3.63, 3.8) is 0 Å². The summed E-state index contributed by atoms with van der Waals surface area (Å²) in [4.78, 5) is 111. The maximum Gasteiger partial charge on any atom is 0.246 e. The van der Waals surface area contributed by atoms with E-state index in [-0.39, 0.29) is 50.5 Å². The van der Waals surface area contributed by atoms with Crippen LogP contribution in [-0.2, 0) is 44.8 Å². The van der Waals surface area contributed by atoms with Crippen LogP contribution in [0.3, 0.4) is 0 Å².